The summed E-state index contributed by atoms with van der Waals surface area (Å²) in [6.07, 6.45) is 3.40. The molecule has 1 aromatic rings. The average Bonchev–Trinajstić information content (AvgIpc) is 2.74. The molecule has 1 N–H and O–H groups in total. The zero-order chi connectivity index (χ0) is 14.0. The van der Waals surface area contributed by atoms with E-state index < -0.39 is 22.0 Å². The zero-order valence-electron chi connectivity index (χ0n) is 11.4. The van der Waals surface area contributed by atoms with Crippen LogP contribution < -0.4 is 0 Å². The highest BCUT2D eigenvalue weighted by Crippen LogP contribution is 2.24. The third-order valence-electron chi connectivity index (χ3n) is 3.60. The Hall–Kier alpha value is -1.16. The van der Waals surface area contributed by atoms with Gasteiger partial charge in [-0.2, -0.15) is 0 Å². The van der Waals surface area contributed by atoms with Gasteiger partial charge in [0.2, 0.25) is 0 Å². The van der Waals surface area contributed by atoms with Gasteiger partial charge in [0, 0.05) is 16.6 Å². The number of aliphatic carboxylic acids is 1. The minimum absolute atomic E-state index is 0.118. The lowest BCUT2D eigenvalue weighted by Gasteiger charge is -2.16. The van der Waals surface area contributed by atoms with Crippen LogP contribution in [-0.2, 0) is 34.2 Å². The molecular formula is C15H20O3S. The van der Waals surface area contributed by atoms with Crippen LogP contribution in [0.1, 0.15) is 37.0 Å². The summed E-state index contributed by atoms with van der Waals surface area (Å²) >= 11 is 0. The number of fused-ring (bicyclic) bond motifs is 1. The molecule has 0 fully saturated rings. The topological polar surface area (TPSA) is 54.4 Å². The number of carboxylic acid groups (broad SMARTS) is 1. The van der Waals surface area contributed by atoms with E-state index in [1.165, 1.54) is 17.5 Å². The molecule has 2 unspecified atom stereocenters. The third-order valence-corrected chi connectivity index (χ3v) is 5.53. The van der Waals surface area contributed by atoms with Crippen LogP contribution in [0.4, 0.5) is 0 Å². The van der Waals surface area contributed by atoms with E-state index in [1.54, 1.807) is 13.8 Å². The summed E-state index contributed by atoms with van der Waals surface area (Å²) < 4.78 is 12.2. The van der Waals surface area contributed by atoms with Crippen molar-refractivity contribution in [3.05, 3.63) is 34.9 Å². The summed E-state index contributed by atoms with van der Waals surface area (Å²) in [5, 5.41) is 8.37. The molecule has 0 aromatic heterocycles. The molecule has 0 bridgehead atoms. The molecule has 2 atom stereocenters. The Kier molecular flexibility index (Phi) is 4.40. The summed E-state index contributed by atoms with van der Waals surface area (Å²) in [6.45, 7) is 3.61. The average molecular weight is 280 g/mol. The van der Waals surface area contributed by atoms with Crippen molar-refractivity contribution in [1.29, 1.82) is 0 Å². The zero-order valence-corrected chi connectivity index (χ0v) is 12.2. The summed E-state index contributed by atoms with van der Waals surface area (Å²) in [6, 6.07) is 6.18. The van der Waals surface area contributed by atoms with Crippen LogP contribution in [0.3, 0.4) is 0 Å². The minimum Gasteiger partial charge on any atom is -0.480 e. The number of rotatable bonds is 5. The summed E-state index contributed by atoms with van der Waals surface area (Å²) in [7, 11) is -1.37. The Morgan fingerprint density at radius 1 is 1.32 bits per heavy atom. The maximum absolute atomic E-state index is 12.2. The second-order valence-corrected chi connectivity index (χ2v) is 7.04. The van der Waals surface area contributed by atoms with Gasteiger partial charge in [0.1, 0.15) is 5.25 Å². The van der Waals surface area contributed by atoms with Crippen molar-refractivity contribution in [3.8, 4) is 0 Å². The quantitative estimate of drug-likeness (QED) is 0.901. The van der Waals surface area contributed by atoms with Gasteiger partial charge in [0.15, 0.2) is 0 Å². The van der Waals surface area contributed by atoms with Gasteiger partial charge < -0.3 is 5.11 Å². The van der Waals surface area contributed by atoms with E-state index in [0.717, 1.165) is 18.4 Å². The first kappa shape index (κ1) is 14.3. The molecule has 0 aliphatic heterocycles. The van der Waals surface area contributed by atoms with Crippen LogP contribution in [0.2, 0.25) is 0 Å². The van der Waals surface area contributed by atoms with Gasteiger partial charge in [-0.3, -0.25) is 9.00 Å². The molecule has 104 valence electrons. The fraction of sp³-hybridized carbons (Fsp3) is 0.533. The number of hydrogen-bond acceptors (Lipinski definition) is 2. The van der Waals surface area contributed by atoms with Crippen LogP contribution >= 0.6 is 0 Å². The van der Waals surface area contributed by atoms with Crippen molar-refractivity contribution in [2.45, 2.75) is 44.1 Å². The smallest absolute Gasteiger partial charge is 0.319 e. The van der Waals surface area contributed by atoms with E-state index in [-0.39, 0.29) is 5.92 Å². The fourth-order valence-corrected chi connectivity index (χ4v) is 4.19. The standard InChI is InChI=1S/C15H20O3S/c1-10(2)14(15(16)17)19(18)9-11-6-7-12-4-3-5-13(12)8-11/h6-8,10,14H,3-5,9H2,1-2H3,(H,16,17). The Bertz CT molecular complexity index is 508. The van der Waals surface area contributed by atoms with E-state index in [1.807, 2.05) is 6.07 Å². The molecule has 1 aromatic carbocycles. The van der Waals surface area contributed by atoms with Crippen LogP contribution in [-0.4, -0.2) is 20.5 Å². The SMILES string of the molecule is CC(C)C(C(=O)O)S(=O)Cc1ccc2c(c1)CCC2. The van der Waals surface area contributed by atoms with Gasteiger partial charge in [-0.25, -0.2) is 0 Å². The van der Waals surface area contributed by atoms with Crippen molar-refractivity contribution < 1.29 is 14.1 Å². The molecule has 3 nitrogen and oxygen atoms in total. The van der Waals surface area contributed by atoms with Gasteiger partial charge in [-0.15, -0.1) is 0 Å². The number of carbonyl (C=O) groups is 1. The molecule has 0 spiro atoms. The van der Waals surface area contributed by atoms with Gasteiger partial charge in [-0.05, 0) is 41.9 Å². The van der Waals surface area contributed by atoms with E-state index in [9.17, 15) is 9.00 Å². The predicted octanol–water partition coefficient (Wildman–Crippen LogP) is 2.53. The van der Waals surface area contributed by atoms with E-state index >= 15 is 0 Å². The highest BCUT2D eigenvalue weighted by molar-refractivity contribution is 7.85. The summed E-state index contributed by atoms with van der Waals surface area (Å²) in [5.41, 5.74) is 3.71. The first-order valence-corrected chi connectivity index (χ1v) is 8.08. The Labute approximate surface area is 116 Å². The first-order valence-electron chi connectivity index (χ1n) is 6.69. The molecular weight excluding hydrogens is 260 g/mol. The molecule has 2 rings (SSSR count). The van der Waals surface area contributed by atoms with Crippen molar-refractivity contribution in [2.24, 2.45) is 5.92 Å². The van der Waals surface area contributed by atoms with Crippen LogP contribution in [0.5, 0.6) is 0 Å². The van der Waals surface area contributed by atoms with Gasteiger partial charge >= 0.3 is 5.97 Å². The van der Waals surface area contributed by atoms with Crippen molar-refractivity contribution >= 4 is 16.8 Å². The summed E-state index contributed by atoms with van der Waals surface area (Å²) in [4.78, 5) is 11.2. The fourth-order valence-electron chi connectivity index (χ4n) is 2.67. The number of benzene rings is 1. The second kappa shape index (κ2) is 5.87. The molecule has 0 saturated heterocycles. The Morgan fingerprint density at radius 3 is 2.63 bits per heavy atom. The largest absolute Gasteiger partial charge is 0.480 e. The molecule has 4 heteroatoms. The van der Waals surface area contributed by atoms with Crippen molar-refractivity contribution in [1.82, 2.24) is 0 Å². The highest BCUT2D eigenvalue weighted by Gasteiger charge is 2.28. The highest BCUT2D eigenvalue weighted by atomic mass is 32.2. The van der Waals surface area contributed by atoms with E-state index in [4.69, 9.17) is 5.11 Å². The number of aryl methyl sites for hydroxylation is 2. The van der Waals surface area contributed by atoms with Crippen LogP contribution in [0.15, 0.2) is 18.2 Å². The Balaban J connectivity index is 2.12. The van der Waals surface area contributed by atoms with Crippen molar-refractivity contribution in [3.63, 3.8) is 0 Å². The number of carboxylic acids is 1. The lowest BCUT2D eigenvalue weighted by molar-refractivity contribution is -0.137. The maximum atomic E-state index is 12.2. The molecule has 0 heterocycles. The van der Waals surface area contributed by atoms with Crippen LogP contribution in [0.25, 0.3) is 0 Å². The normalized spacial score (nSPS) is 17.2. The van der Waals surface area contributed by atoms with Gasteiger partial charge in [-0.1, -0.05) is 32.0 Å². The lowest BCUT2D eigenvalue weighted by atomic mass is 10.1. The maximum Gasteiger partial charge on any atom is 0.319 e. The Morgan fingerprint density at radius 2 is 2.00 bits per heavy atom. The van der Waals surface area contributed by atoms with E-state index in [2.05, 4.69) is 12.1 Å². The third kappa shape index (κ3) is 3.24. The molecule has 0 radical (unpaired) electrons. The predicted molar refractivity (Wildman–Crippen MR) is 76.6 cm³/mol. The van der Waals surface area contributed by atoms with Gasteiger partial charge in [0.05, 0.1) is 0 Å². The lowest BCUT2D eigenvalue weighted by Crippen LogP contribution is -2.31. The van der Waals surface area contributed by atoms with E-state index in [0.29, 0.717) is 5.75 Å². The summed E-state index contributed by atoms with van der Waals surface area (Å²) in [5.74, 6) is -0.746. The minimum atomic E-state index is -1.37. The molecule has 1 aliphatic carbocycles. The van der Waals surface area contributed by atoms with Gasteiger partial charge in [0.25, 0.3) is 0 Å². The monoisotopic (exact) mass is 280 g/mol. The molecule has 0 amide bonds. The van der Waals surface area contributed by atoms with Crippen molar-refractivity contribution in [2.75, 3.05) is 0 Å². The molecule has 19 heavy (non-hydrogen) atoms. The van der Waals surface area contributed by atoms with Crippen LogP contribution in [0, 0.1) is 5.92 Å². The second-order valence-electron chi connectivity index (χ2n) is 5.48. The number of hydrogen-bond donors (Lipinski definition) is 1. The molecule has 0 saturated carbocycles. The molecule has 1 aliphatic rings. The first-order chi connectivity index (χ1) is 8.99.